The van der Waals surface area contributed by atoms with E-state index >= 15 is 0 Å². The largest absolute Gasteiger partial charge is 0.466 e. The van der Waals surface area contributed by atoms with Crippen LogP contribution in [0, 0.1) is 18.7 Å². The number of esters is 1. The van der Waals surface area contributed by atoms with E-state index in [0.717, 1.165) is 41.8 Å². The summed E-state index contributed by atoms with van der Waals surface area (Å²) >= 11 is 0. The topological polar surface area (TPSA) is 62.2 Å². The van der Waals surface area contributed by atoms with Crippen molar-refractivity contribution in [3.63, 3.8) is 0 Å². The molecular weight excluding hydrogens is 421 g/mol. The van der Waals surface area contributed by atoms with Crippen LogP contribution in [0.4, 0.5) is 4.39 Å². The molecule has 1 fully saturated rings. The maximum Gasteiger partial charge on any atom is 0.310 e. The number of ether oxygens (including phenoxy) is 1. The lowest BCUT2D eigenvalue weighted by molar-refractivity contribution is -0.150. The number of hydrazone groups is 1. The van der Waals surface area contributed by atoms with Crippen LogP contribution in [0.15, 0.2) is 53.6 Å². The van der Waals surface area contributed by atoms with Gasteiger partial charge in [-0.2, -0.15) is 5.10 Å². The van der Waals surface area contributed by atoms with Crippen LogP contribution in [0.2, 0.25) is 0 Å². The van der Waals surface area contributed by atoms with Gasteiger partial charge in [-0.25, -0.2) is 9.40 Å². The normalized spacial score (nSPS) is 21.1. The predicted molar refractivity (Wildman–Crippen MR) is 124 cm³/mol. The first kappa shape index (κ1) is 23.1. The summed E-state index contributed by atoms with van der Waals surface area (Å²) in [6, 6.07) is 14.0. The van der Waals surface area contributed by atoms with Crippen molar-refractivity contribution in [2.75, 3.05) is 26.2 Å². The standard InChI is InChI=1S/C26H30FN3O3/c1-3-33-26(32)21-5-4-14-29(16-21)17-25(31)30-24(20-10-12-22(27)13-11-20)15-23(28-30)19-8-6-18(2)7-9-19/h6-13,21,24H,3-5,14-17H2,1-2H3. The highest BCUT2D eigenvalue weighted by Gasteiger charge is 2.35. The number of rotatable bonds is 6. The Labute approximate surface area is 194 Å². The molecule has 33 heavy (non-hydrogen) atoms. The van der Waals surface area contributed by atoms with E-state index < -0.39 is 0 Å². The first-order valence-electron chi connectivity index (χ1n) is 11.6. The first-order valence-corrected chi connectivity index (χ1v) is 11.6. The molecule has 2 aliphatic heterocycles. The van der Waals surface area contributed by atoms with Gasteiger partial charge in [0.1, 0.15) is 5.82 Å². The van der Waals surface area contributed by atoms with Crippen LogP contribution in [-0.2, 0) is 14.3 Å². The van der Waals surface area contributed by atoms with E-state index in [0.29, 0.717) is 19.6 Å². The molecule has 174 valence electrons. The van der Waals surface area contributed by atoms with Crippen molar-refractivity contribution in [2.45, 2.75) is 39.2 Å². The van der Waals surface area contributed by atoms with Gasteiger partial charge in [0, 0.05) is 13.0 Å². The summed E-state index contributed by atoms with van der Waals surface area (Å²) in [4.78, 5) is 27.6. The first-order chi connectivity index (χ1) is 15.9. The number of likely N-dealkylation sites (tertiary alicyclic amines) is 1. The van der Waals surface area contributed by atoms with Gasteiger partial charge in [0.15, 0.2) is 0 Å². The third-order valence-corrected chi connectivity index (χ3v) is 6.29. The van der Waals surface area contributed by atoms with Crippen LogP contribution < -0.4 is 0 Å². The van der Waals surface area contributed by atoms with E-state index in [1.165, 1.54) is 17.1 Å². The summed E-state index contributed by atoms with van der Waals surface area (Å²) in [5, 5.41) is 6.24. The Morgan fingerprint density at radius 1 is 1.12 bits per heavy atom. The van der Waals surface area contributed by atoms with Crippen LogP contribution in [0.1, 0.15) is 48.9 Å². The van der Waals surface area contributed by atoms with Crippen molar-refractivity contribution in [2.24, 2.45) is 11.0 Å². The molecule has 4 rings (SSSR count). The fourth-order valence-corrected chi connectivity index (χ4v) is 4.52. The zero-order chi connectivity index (χ0) is 23.4. The van der Waals surface area contributed by atoms with Crippen LogP contribution in [0.25, 0.3) is 0 Å². The Hall–Kier alpha value is -3.06. The van der Waals surface area contributed by atoms with Crippen molar-refractivity contribution >= 4 is 17.6 Å². The Balaban J connectivity index is 1.53. The molecule has 2 heterocycles. The molecule has 1 amide bonds. The SMILES string of the molecule is CCOC(=O)C1CCCN(CC(=O)N2N=C(c3ccc(C)cc3)CC2c2ccc(F)cc2)C1. The average molecular weight is 452 g/mol. The van der Waals surface area contributed by atoms with Crippen LogP contribution in [-0.4, -0.2) is 53.7 Å². The van der Waals surface area contributed by atoms with Crippen molar-refractivity contribution in [3.8, 4) is 0 Å². The Bertz CT molecular complexity index is 1020. The van der Waals surface area contributed by atoms with Crippen molar-refractivity contribution < 1.29 is 18.7 Å². The minimum absolute atomic E-state index is 0.129. The van der Waals surface area contributed by atoms with Gasteiger partial charge in [-0.1, -0.05) is 42.0 Å². The molecule has 0 bridgehead atoms. The average Bonchev–Trinajstić information content (AvgIpc) is 3.26. The molecule has 0 saturated carbocycles. The second-order valence-electron chi connectivity index (χ2n) is 8.75. The van der Waals surface area contributed by atoms with Crippen molar-refractivity contribution in [1.82, 2.24) is 9.91 Å². The zero-order valence-corrected chi connectivity index (χ0v) is 19.2. The second kappa shape index (κ2) is 10.3. The zero-order valence-electron chi connectivity index (χ0n) is 19.2. The molecule has 2 unspecified atom stereocenters. The number of halogens is 1. The van der Waals surface area contributed by atoms with Gasteiger partial charge >= 0.3 is 5.97 Å². The van der Waals surface area contributed by atoms with E-state index in [9.17, 15) is 14.0 Å². The molecule has 2 aromatic rings. The molecule has 0 aliphatic carbocycles. The van der Waals surface area contributed by atoms with Crippen LogP contribution >= 0.6 is 0 Å². The van der Waals surface area contributed by atoms with Crippen molar-refractivity contribution in [3.05, 3.63) is 71.0 Å². The number of carbonyl (C=O) groups is 2. The molecule has 0 N–H and O–H groups in total. The summed E-state index contributed by atoms with van der Waals surface area (Å²) in [6.45, 7) is 5.63. The number of piperidine rings is 1. The smallest absolute Gasteiger partial charge is 0.310 e. The fourth-order valence-electron chi connectivity index (χ4n) is 4.52. The molecular formula is C26H30FN3O3. The van der Waals surface area contributed by atoms with Gasteiger partial charge in [0.2, 0.25) is 0 Å². The molecule has 2 aliphatic rings. The third-order valence-electron chi connectivity index (χ3n) is 6.29. The number of hydrogen-bond acceptors (Lipinski definition) is 5. The summed E-state index contributed by atoms with van der Waals surface area (Å²) in [5.41, 5.74) is 3.81. The molecule has 0 spiro atoms. The molecule has 0 aromatic heterocycles. The van der Waals surface area contributed by atoms with E-state index in [-0.39, 0.29) is 36.2 Å². The van der Waals surface area contributed by atoms with Crippen LogP contribution in [0.3, 0.4) is 0 Å². The highest BCUT2D eigenvalue weighted by Crippen LogP contribution is 2.33. The highest BCUT2D eigenvalue weighted by molar-refractivity contribution is 6.03. The lowest BCUT2D eigenvalue weighted by Gasteiger charge is -2.32. The molecule has 2 atom stereocenters. The molecule has 7 heteroatoms. The maximum atomic E-state index is 13.5. The van der Waals surface area contributed by atoms with E-state index in [1.54, 1.807) is 19.1 Å². The minimum atomic E-state index is -0.312. The quantitative estimate of drug-likeness (QED) is 0.621. The lowest BCUT2D eigenvalue weighted by atomic mass is 9.97. The fraction of sp³-hybridized carbons (Fsp3) is 0.423. The third kappa shape index (κ3) is 5.47. The predicted octanol–water partition coefficient (Wildman–Crippen LogP) is 4.09. The van der Waals surface area contributed by atoms with Gasteiger partial charge in [-0.3, -0.25) is 14.5 Å². The van der Waals surface area contributed by atoms with E-state index in [4.69, 9.17) is 9.84 Å². The monoisotopic (exact) mass is 451 g/mol. The molecule has 0 radical (unpaired) electrons. The number of hydrogen-bond donors (Lipinski definition) is 0. The molecule has 1 saturated heterocycles. The second-order valence-corrected chi connectivity index (χ2v) is 8.75. The summed E-state index contributed by atoms with van der Waals surface area (Å²) < 4.78 is 18.7. The van der Waals surface area contributed by atoms with Gasteiger partial charge < -0.3 is 4.74 Å². The summed E-state index contributed by atoms with van der Waals surface area (Å²) in [6.07, 6.45) is 2.18. The van der Waals surface area contributed by atoms with E-state index in [2.05, 4.69) is 0 Å². The number of nitrogens with zero attached hydrogens (tertiary/aromatic N) is 3. The van der Waals surface area contributed by atoms with Crippen LogP contribution in [0.5, 0.6) is 0 Å². The number of benzene rings is 2. The Morgan fingerprint density at radius 2 is 1.85 bits per heavy atom. The van der Waals surface area contributed by atoms with E-state index in [1.807, 2.05) is 36.1 Å². The summed E-state index contributed by atoms with van der Waals surface area (Å²) in [7, 11) is 0. The van der Waals surface area contributed by atoms with Gasteiger partial charge in [0.05, 0.1) is 30.8 Å². The maximum absolute atomic E-state index is 13.5. The summed E-state index contributed by atoms with van der Waals surface area (Å²) in [5.74, 6) is -0.840. The van der Waals surface area contributed by atoms with Gasteiger partial charge in [0.25, 0.3) is 5.91 Å². The van der Waals surface area contributed by atoms with Crippen molar-refractivity contribution in [1.29, 1.82) is 0 Å². The van der Waals surface area contributed by atoms with Gasteiger partial charge in [-0.15, -0.1) is 0 Å². The Morgan fingerprint density at radius 3 is 2.55 bits per heavy atom. The van der Waals surface area contributed by atoms with Gasteiger partial charge in [-0.05, 0) is 56.5 Å². The molecule has 2 aromatic carbocycles. The number of amides is 1. The molecule has 6 nitrogen and oxygen atoms in total. The lowest BCUT2D eigenvalue weighted by Crippen LogP contribution is -2.44. The number of carbonyl (C=O) groups excluding carboxylic acids is 2. The highest BCUT2D eigenvalue weighted by atomic mass is 19.1. The minimum Gasteiger partial charge on any atom is -0.466 e. The Kier molecular flexibility index (Phi) is 7.18. The number of aryl methyl sites for hydroxylation is 1.